The minimum Gasteiger partial charge on any atom is -0.497 e. The zero-order valence-electron chi connectivity index (χ0n) is 21.2. The standard InChI is InChI=1S/C25H31F3N4O6/c1-29-22-21(23(34)30-10-12-36-13-11-33)32(16-17-6-4-7-18(14-17)35-3)24(31(22)2)37-19-8-5-9-20(15-19)38-25(26,27)28/h4-9,14-15,24,29,33H,10-13,16H2,1-3H3,(H,30,34). The normalized spacial score (nSPS) is 15.5. The van der Waals surface area contributed by atoms with Gasteiger partial charge in [-0.3, -0.25) is 4.79 Å². The van der Waals surface area contributed by atoms with E-state index in [0.717, 1.165) is 11.6 Å². The van der Waals surface area contributed by atoms with Gasteiger partial charge in [0.05, 0.1) is 26.9 Å². The van der Waals surface area contributed by atoms with Crippen LogP contribution in [-0.4, -0.2) is 81.1 Å². The van der Waals surface area contributed by atoms with E-state index in [1.165, 1.54) is 18.2 Å². The maximum Gasteiger partial charge on any atom is 0.573 e. The number of halogens is 3. The van der Waals surface area contributed by atoms with Crippen molar-refractivity contribution in [2.75, 3.05) is 47.6 Å². The van der Waals surface area contributed by atoms with Crippen LogP contribution in [0.1, 0.15) is 5.56 Å². The Bertz CT molecular complexity index is 1110. The second-order valence-electron chi connectivity index (χ2n) is 8.10. The summed E-state index contributed by atoms with van der Waals surface area (Å²) in [6.45, 7) is 0.624. The van der Waals surface area contributed by atoms with Crippen LogP contribution < -0.4 is 24.8 Å². The molecule has 1 aliphatic heterocycles. The first-order chi connectivity index (χ1) is 18.2. The number of nitrogens with zero attached hydrogens (tertiary/aromatic N) is 2. The lowest BCUT2D eigenvalue weighted by atomic mass is 10.2. The Morgan fingerprint density at radius 1 is 1.08 bits per heavy atom. The lowest BCUT2D eigenvalue weighted by Gasteiger charge is -2.32. The Hall–Kier alpha value is -3.84. The highest BCUT2D eigenvalue weighted by Crippen LogP contribution is 2.33. The van der Waals surface area contributed by atoms with Crippen molar-refractivity contribution in [1.29, 1.82) is 0 Å². The van der Waals surface area contributed by atoms with E-state index in [4.69, 9.17) is 19.3 Å². The van der Waals surface area contributed by atoms with Gasteiger partial charge in [-0.05, 0) is 29.8 Å². The Balaban J connectivity index is 1.91. The van der Waals surface area contributed by atoms with Crippen molar-refractivity contribution < 1.29 is 42.0 Å². The van der Waals surface area contributed by atoms with E-state index in [2.05, 4.69) is 15.4 Å². The van der Waals surface area contributed by atoms with Gasteiger partial charge in [-0.1, -0.05) is 18.2 Å². The van der Waals surface area contributed by atoms with E-state index >= 15 is 0 Å². The van der Waals surface area contributed by atoms with E-state index in [1.807, 2.05) is 18.2 Å². The highest BCUT2D eigenvalue weighted by atomic mass is 19.4. The fraction of sp³-hybridized carbons (Fsp3) is 0.400. The molecule has 0 aliphatic carbocycles. The number of alkyl halides is 3. The van der Waals surface area contributed by atoms with Crippen LogP contribution in [0, 0.1) is 0 Å². The minimum absolute atomic E-state index is 0.105. The third kappa shape index (κ3) is 7.59. The Morgan fingerprint density at radius 2 is 1.79 bits per heavy atom. The number of nitrogens with one attached hydrogen (secondary N) is 2. The number of hydrogen-bond donors (Lipinski definition) is 3. The average molecular weight is 541 g/mol. The first-order valence-electron chi connectivity index (χ1n) is 11.7. The monoisotopic (exact) mass is 540 g/mol. The molecule has 13 heteroatoms. The summed E-state index contributed by atoms with van der Waals surface area (Å²) in [7, 11) is 4.88. The molecular weight excluding hydrogens is 509 g/mol. The lowest BCUT2D eigenvalue weighted by Crippen LogP contribution is -2.45. The Morgan fingerprint density at radius 3 is 2.47 bits per heavy atom. The maximum atomic E-state index is 13.3. The van der Waals surface area contributed by atoms with Crippen molar-refractivity contribution in [3.8, 4) is 17.2 Å². The van der Waals surface area contributed by atoms with Gasteiger partial charge in [-0.15, -0.1) is 13.2 Å². The predicted molar refractivity (Wildman–Crippen MR) is 131 cm³/mol. The molecule has 2 aromatic rings. The maximum absolute atomic E-state index is 13.3. The molecule has 1 aliphatic rings. The van der Waals surface area contributed by atoms with E-state index < -0.39 is 24.4 Å². The molecule has 0 fully saturated rings. The van der Waals surface area contributed by atoms with Gasteiger partial charge in [0.15, 0.2) is 0 Å². The molecule has 2 aromatic carbocycles. The number of aliphatic hydroxyl groups excluding tert-OH is 1. The van der Waals surface area contributed by atoms with Crippen molar-refractivity contribution in [2.45, 2.75) is 19.3 Å². The molecular formula is C25H31F3N4O6. The van der Waals surface area contributed by atoms with Crippen LogP contribution in [0.2, 0.25) is 0 Å². The van der Waals surface area contributed by atoms with Gasteiger partial charge < -0.3 is 44.5 Å². The van der Waals surface area contributed by atoms with Gasteiger partial charge in [-0.25, -0.2) is 0 Å². The molecule has 1 unspecified atom stereocenters. The predicted octanol–water partition coefficient (Wildman–Crippen LogP) is 2.22. The smallest absolute Gasteiger partial charge is 0.497 e. The van der Waals surface area contributed by atoms with E-state index in [-0.39, 0.29) is 44.4 Å². The highest BCUT2D eigenvalue weighted by Gasteiger charge is 2.41. The second-order valence-corrected chi connectivity index (χ2v) is 8.10. The summed E-state index contributed by atoms with van der Waals surface area (Å²) in [5, 5.41) is 14.7. The molecule has 0 bridgehead atoms. The number of methoxy groups -OCH3 is 1. The molecule has 3 N–H and O–H groups in total. The molecule has 1 heterocycles. The molecule has 10 nitrogen and oxygen atoms in total. The summed E-state index contributed by atoms with van der Waals surface area (Å²) in [4.78, 5) is 16.7. The molecule has 0 aromatic heterocycles. The summed E-state index contributed by atoms with van der Waals surface area (Å²) < 4.78 is 58.9. The third-order valence-corrected chi connectivity index (χ3v) is 5.45. The average Bonchev–Trinajstić information content (AvgIpc) is 3.13. The number of benzene rings is 2. The van der Waals surface area contributed by atoms with Gasteiger partial charge in [-0.2, -0.15) is 0 Å². The second kappa shape index (κ2) is 13.1. The quantitative estimate of drug-likeness (QED) is 0.330. The summed E-state index contributed by atoms with van der Waals surface area (Å²) in [5.41, 5.74) is 1.06. The van der Waals surface area contributed by atoms with E-state index in [9.17, 15) is 18.0 Å². The van der Waals surface area contributed by atoms with Gasteiger partial charge in [0.25, 0.3) is 12.3 Å². The first-order valence-corrected chi connectivity index (χ1v) is 11.7. The largest absolute Gasteiger partial charge is 0.573 e. The fourth-order valence-electron chi connectivity index (χ4n) is 3.89. The van der Waals surface area contributed by atoms with Gasteiger partial charge in [0, 0.05) is 33.3 Å². The molecule has 208 valence electrons. The zero-order valence-corrected chi connectivity index (χ0v) is 21.2. The van der Waals surface area contributed by atoms with Gasteiger partial charge in [0.2, 0.25) is 0 Å². The van der Waals surface area contributed by atoms with Crippen LogP contribution >= 0.6 is 0 Å². The summed E-state index contributed by atoms with van der Waals surface area (Å²) in [5.74, 6) is 0.312. The van der Waals surface area contributed by atoms with Crippen molar-refractivity contribution in [1.82, 2.24) is 20.4 Å². The van der Waals surface area contributed by atoms with Crippen LogP contribution in [-0.2, 0) is 16.1 Å². The molecule has 1 amide bonds. The summed E-state index contributed by atoms with van der Waals surface area (Å²) in [6.07, 6.45) is -5.76. The lowest BCUT2D eigenvalue weighted by molar-refractivity contribution is -0.274. The van der Waals surface area contributed by atoms with Crippen LogP contribution in [0.5, 0.6) is 17.2 Å². The topological polar surface area (TPSA) is 105 Å². The van der Waals surface area contributed by atoms with Crippen molar-refractivity contribution in [2.24, 2.45) is 0 Å². The zero-order chi connectivity index (χ0) is 27.7. The van der Waals surface area contributed by atoms with E-state index in [1.54, 1.807) is 37.1 Å². The molecule has 3 rings (SSSR count). The van der Waals surface area contributed by atoms with Crippen molar-refractivity contribution in [3.05, 3.63) is 65.6 Å². The molecule has 1 atom stereocenters. The Kier molecular flexibility index (Phi) is 9.91. The third-order valence-electron chi connectivity index (χ3n) is 5.45. The number of amides is 1. The fourth-order valence-corrected chi connectivity index (χ4v) is 3.89. The summed E-state index contributed by atoms with van der Waals surface area (Å²) >= 11 is 0. The van der Waals surface area contributed by atoms with Crippen molar-refractivity contribution >= 4 is 5.91 Å². The number of rotatable bonds is 13. The number of carbonyl (C=O) groups excluding carboxylic acids is 1. The van der Waals surface area contributed by atoms with Crippen molar-refractivity contribution in [3.63, 3.8) is 0 Å². The molecule has 0 saturated carbocycles. The van der Waals surface area contributed by atoms with Gasteiger partial charge in [0.1, 0.15) is 28.8 Å². The van der Waals surface area contributed by atoms with Crippen LogP contribution in [0.4, 0.5) is 13.2 Å². The highest BCUT2D eigenvalue weighted by molar-refractivity contribution is 5.94. The van der Waals surface area contributed by atoms with Crippen LogP contribution in [0.25, 0.3) is 0 Å². The molecule has 0 saturated heterocycles. The van der Waals surface area contributed by atoms with Crippen LogP contribution in [0.3, 0.4) is 0 Å². The summed E-state index contributed by atoms with van der Waals surface area (Å²) in [6, 6.07) is 12.4. The SMILES string of the molecule is CNC1=C(C(=O)NCCOCCO)N(Cc2cccc(OC)c2)C(Oc2cccc(OC(F)(F)F)c2)N1C. The molecule has 0 radical (unpaired) electrons. The number of aliphatic hydroxyl groups is 1. The Labute approximate surface area is 218 Å². The van der Waals surface area contributed by atoms with E-state index in [0.29, 0.717) is 11.6 Å². The number of ether oxygens (including phenoxy) is 4. The number of carbonyl (C=O) groups is 1. The first kappa shape index (κ1) is 28.7. The minimum atomic E-state index is -4.85. The van der Waals surface area contributed by atoms with Crippen LogP contribution in [0.15, 0.2) is 60.0 Å². The number of hydrogen-bond acceptors (Lipinski definition) is 9. The molecule has 38 heavy (non-hydrogen) atoms. The van der Waals surface area contributed by atoms with Gasteiger partial charge >= 0.3 is 6.36 Å². The molecule has 0 spiro atoms.